The molecule has 2 amide bonds. The molecule has 1 aromatic carbocycles. The van der Waals surface area contributed by atoms with Gasteiger partial charge in [-0.25, -0.2) is 0 Å². The Balaban J connectivity index is 1.83. The first-order valence-electron chi connectivity index (χ1n) is 7.07. The van der Waals surface area contributed by atoms with Crippen LogP contribution in [0.25, 0.3) is 0 Å². The summed E-state index contributed by atoms with van der Waals surface area (Å²) in [4.78, 5) is 26.2. The molecule has 0 bridgehead atoms. The highest BCUT2D eigenvalue weighted by atomic mass is 16.5. The van der Waals surface area contributed by atoms with Gasteiger partial charge >= 0.3 is 0 Å². The molecule has 2 aromatic rings. The largest absolute Gasteiger partial charge is 0.497 e. The minimum Gasteiger partial charge on any atom is -0.497 e. The van der Waals surface area contributed by atoms with Crippen LogP contribution < -0.4 is 20.3 Å². The summed E-state index contributed by atoms with van der Waals surface area (Å²) >= 11 is 0. The number of methoxy groups -OCH3 is 2. The molecule has 3 N–H and O–H groups in total. The number of rotatable bonds is 6. The molecule has 0 atom stereocenters. The van der Waals surface area contributed by atoms with Crippen LogP contribution in [0.3, 0.4) is 0 Å². The van der Waals surface area contributed by atoms with Crippen molar-refractivity contribution < 1.29 is 19.1 Å². The Bertz CT molecular complexity index is 646. The summed E-state index contributed by atoms with van der Waals surface area (Å²) in [6, 6.07) is 8.76. The Labute approximate surface area is 134 Å². The molecule has 0 unspecified atom stereocenters. The van der Waals surface area contributed by atoms with Crippen LogP contribution >= 0.6 is 0 Å². The van der Waals surface area contributed by atoms with E-state index in [1.54, 1.807) is 38.6 Å². The predicted molar refractivity (Wildman–Crippen MR) is 84.3 cm³/mol. The van der Waals surface area contributed by atoms with Gasteiger partial charge in [0.1, 0.15) is 17.2 Å². The lowest BCUT2D eigenvalue weighted by Crippen LogP contribution is -2.41. The molecule has 0 radical (unpaired) electrons. The van der Waals surface area contributed by atoms with Crippen LogP contribution in [0.5, 0.6) is 11.5 Å². The van der Waals surface area contributed by atoms with Crippen molar-refractivity contribution in [2.45, 2.75) is 12.8 Å². The van der Waals surface area contributed by atoms with Crippen LogP contribution in [-0.4, -0.2) is 31.0 Å². The zero-order valence-corrected chi connectivity index (χ0v) is 13.0. The fraction of sp³-hybridized carbons (Fsp3) is 0.250. The van der Waals surface area contributed by atoms with Crippen molar-refractivity contribution in [3.63, 3.8) is 0 Å². The number of aromatic nitrogens is 1. The molecule has 2 rings (SSSR count). The molecule has 0 aliphatic carbocycles. The predicted octanol–water partition coefficient (Wildman–Crippen LogP) is 1.43. The lowest BCUT2D eigenvalue weighted by Gasteiger charge is -2.09. The zero-order valence-electron chi connectivity index (χ0n) is 13.0. The third-order valence-electron chi connectivity index (χ3n) is 3.21. The lowest BCUT2D eigenvalue weighted by molar-refractivity contribution is -0.121. The smallest absolute Gasteiger partial charge is 0.286 e. The number of carbonyl (C=O) groups is 2. The van der Waals surface area contributed by atoms with E-state index in [1.807, 2.05) is 12.1 Å². The SMILES string of the molecule is COc1cc(CCC(=O)NNC(=O)c2ccc[nH]2)cc(OC)c1. The van der Waals surface area contributed by atoms with Crippen molar-refractivity contribution in [1.82, 2.24) is 15.8 Å². The Morgan fingerprint density at radius 1 is 1.09 bits per heavy atom. The Morgan fingerprint density at radius 3 is 2.35 bits per heavy atom. The average molecular weight is 317 g/mol. The molecule has 1 aromatic heterocycles. The number of benzene rings is 1. The zero-order chi connectivity index (χ0) is 16.7. The number of H-pyrrole nitrogens is 1. The molecule has 1 heterocycles. The fourth-order valence-corrected chi connectivity index (χ4v) is 2.00. The third-order valence-corrected chi connectivity index (χ3v) is 3.21. The van der Waals surface area contributed by atoms with E-state index in [-0.39, 0.29) is 12.3 Å². The van der Waals surface area contributed by atoms with Gasteiger partial charge in [0.25, 0.3) is 5.91 Å². The molecule has 0 saturated heterocycles. The number of hydrogen-bond donors (Lipinski definition) is 3. The highest BCUT2D eigenvalue weighted by molar-refractivity contribution is 5.93. The number of carbonyl (C=O) groups excluding carboxylic acids is 2. The van der Waals surface area contributed by atoms with Gasteiger partial charge in [-0.2, -0.15) is 0 Å². The number of amides is 2. The van der Waals surface area contributed by atoms with E-state index in [4.69, 9.17) is 9.47 Å². The van der Waals surface area contributed by atoms with Gasteiger partial charge in [0.05, 0.1) is 14.2 Å². The standard InChI is InChI=1S/C16H19N3O4/c1-22-12-8-11(9-13(10-12)23-2)5-6-15(20)18-19-16(21)14-4-3-7-17-14/h3-4,7-10,17H,5-6H2,1-2H3,(H,18,20)(H,19,21). The van der Waals surface area contributed by atoms with Gasteiger partial charge in [-0.3, -0.25) is 20.4 Å². The van der Waals surface area contributed by atoms with E-state index in [1.165, 1.54) is 0 Å². The molecular formula is C16H19N3O4. The maximum Gasteiger partial charge on any atom is 0.286 e. The molecule has 23 heavy (non-hydrogen) atoms. The van der Waals surface area contributed by atoms with Crippen molar-refractivity contribution in [3.05, 3.63) is 47.8 Å². The average Bonchev–Trinajstić information content (AvgIpc) is 3.12. The van der Waals surface area contributed by atoms with Gasteiger partial charge in [-0.05, 0) is 36.2 Å². The number of aryl methyl sites for hydroxylation is 1. The molecule has 0 aliphatic heterocycles. The second kappa shape index (κ2) is 7.88. The summed E-state index contributed by atoms with van der Waals surface area (Å²) < 4.78 is 10.4. The number of hydrazine groups is 1. The summed E-state index contributed by atoms with van der Waals surface area (Å²) in [5.74, 6) is 0.651. The van der Waals surface area contributed by atoms with E-state index in [0.717, 1.165) is 5.56 Å². The summed E-state index contributed by atoms with van der Waals surface area (Å²) in [5.41, 5.74) is 6.01. The molecule has 0 fully saturated rings. The Hall–Kier alpha value is -2.96. The van der Waals surface area contributed by atoms with Crippen LogP contribution in [0.15, 0.2) is 36.5 Å². The lowest BCUT2D eigenvalue weighted by atomic mass is 10.1. The first-order chi connectivity index (χ1) is 11.1. The van der Waals surface area contributed by atoms with E-state index in [2.05, 4.69) is 15.8 Å². The van der Waals surface area contributed by atoms with Crippen molar-refractivity contribution in [1.29, 1.82) is 0 Å². The Morgan fingerprint density at radius 2 is 1.78 bits per heavy atom. The monoisotopic (exact) mass is 317 g/mol. The highest BCUT2D eigenvalue weighted by Gasteiger charge is 2.09. The number of aromatic amines is 1. The van der Waals surface area contributed by atoms with Crippen LogP contribution in [-0.2, 0) is 11.2 Å². The van der Waals surface area contributed by atoms with Gasteiger partial charge in [0.2, 0.25) is 5.91 Å². The molecular weight excluding hydrogens is 298 g/mol. The summed E-state index contributed by atoms with van der Waals surface area (Å²) in [7, 11) is 3.14. The van der Waals surface area contributed by atoms with Crippen LogP contribution in [0.2, 0.25) is 0 Å². The van der Waals surface area contributed by atoms with Crippen LogP contribution in [0.4, 0.5) is 0 Å². The minimum atomic E-state index is -0.397. The van der Waals surface area contributed by atoms with E-state index in [0.29, 0.717) is 23.6 Å². The number of ether oxygens (including phenoxy) is 2. The van der Waals surface area contributed by atoms with Crippen molar-refractivity contribution in [2.24, 2.45) is 0 Å². The number of nitrogens with one attached hydrogen (secondary N) is 3. The topological polar surface area (TPSA) is 92.5 Å². The van der Waals surface area contributed by atoms with Crippen molar-refractivity contribution >= 4 is 11.8 Å². The van der Waals surface area contributed by atoms with E-state index < -0.39 is 5.91 Å². The van der Waals surface area contributed by atoms with Crippen molar-refractivity contribution in [3.8, 4) is 11.5 Å². The fourth-order valence-electron chi connectivity index (χ4n) is 2.00. The third kappa shape index (κ3) is 4.77. The quantitative estimate of drug-likeness (QED) is 0.703. The Kier molecular flexibility index (Phi) is 5.62. The molecule has 0 spiro atoms. The minimum absolute atomic E-state index is 0.224. The summed E-state index contributed by atoms with van der Waals surface area (Å²) in [5, 5.41) is 0. The van der Waals surface area contributed by atoms with Crippen molar-refractivity contribution in [2.75, 3.05) is 14.2 Å². The maximum atomic E-state index is 11.8. The second-order valence-electron chi connectivity index (χ2n) is 4.81. The normalized spacial score (nSPS) is 10.0. The molecule has 122 valence electrons. The van der Waals surface area contributed by atoms with Crippen LogP contribution in [0.1, 0.15) is 22.5 Å². The maximum absolute atomic E-state index is 11.8. The van der Waals surface area contributed by atoms with Crippen LogP contribution in [0, 0.1) is 0 Å². The molecule has 7 heteroatoms. The molecule has 0 saturated carbocycles. The van der Waals surface area contributed by atoms with Gasteiger partial charge in [0.15, 0.2) is 0 Å². The first kappa shape index (κ1) is 16.4. The van der Waals surface area contributed by atoms with E-state index >= 15 is 0 Å². The van der Waals surface area contributed by atoms with Gasteiger partial charge in [0, 0.05) is 18.7 Å². The molecule has 7 nitrogen and oxygen atoms in total. The first-order valence-corrected chi connectivity index (χ1v) is 7.07. The second-order valence-corrected chi connectivity index (χ2v) is 4.81. The van der Waals surface area contributed by atoms with Gasteiger partial charge in [-0.15, -0.1) is 0 Å². The van der Waals surface area contributed by atoms with E-state index in [9.17, 15) is 9.59 Å². The number of hydrogen-bond acceptors (Lipinski definition) is 4. The summed E-state index contributed by atoms with van der Waals surface area (Å²) in [6.07, 6.45) is 2.35. The van der Waals surface area contributed by atoms with Gasteiger partial charge in [-0.1, -0.05) is 0 Å². The summed E-state index contributed by atoms with van der Waals surface area (Å²) in [6.45, 7) is 0. The molecule has 0 aliphatic rings. The van der Waals surface area contributed by atoms with Gasteiger partial charge < -0.3 is 14.5 Å². The highest BCUT2D eigenvalue weighted by Crippen LogP contribution is 2.23.